The molecule has 2 unspecified atom stereocenters. The second kappa shape index (κ2) is 6.25. The maximum absolute atomic E-state index is 11.8. The van der Waals surface area contributed by atoms with Crippen molar-refractivity contribution in [1.82, 2.24) is 5.32 Å². The van der Waals surface area contributed by atoms with Crippen LogP contribution in [-0.4, -0.2) is 35.4 Å². The van der Waals surface area contributed by atoms with Crippen molar-refractivity contribution in [2.45, 2.75) is 36.1 Å². The molecule has 1 nitrogen and oxygen atoms in total. The Morgan fingerprint density at radius 3 is 2.60 bits per heavy atom. The van der Waals surface area contributed by atoms with Crippen molar-refractivity contribution in [3.05, 3.63) is 0 Å². The molecule has 0 spiro atoms. The number of rotatable bonds is 5. The third-order valence-corrected chi connectivity index (χ3v) is 4.35. The summed E-state index contributed by atoms with van der Waals surface area (Å²) in [4.78, 5) is 0. The summed E-state index contributed by atoms with van der Waals surface area (Å²) in [6.07, 6.45) is 5.47. The molecule has 0 aromatic heterocycles. The number of hydrogen-bond acceptors (Lipinski definition) is 3. The summed E-state index contributed by atoms with van der Waals surface area (Å²) in [6, 6.07) is 0.427. The fraction of sp³-hybridized carbons (Fsp3) is 1.00. The second-order valence-electron chi connectivity index (χ2n) is 3.62. The molecule has 0 bridgehead atoms. The molecule has 0 saturated heterocycles. The molecule has 1 N–H and O–H groups in total. The predicted molar refractivity (Wildman–Crippen MR) is 61.5 cm³/mol. The van der Waals surface area contributed by atoms with E-state index in [1.165, 1.54) is 6.42 Å². The monoisotopic (exact) mass is 259 g/mol. The first-order valence-corrected chi connectivity index (χ1v) is 7.25. The van der Waals surface area contributed by atoms with Gasteiger partial charge in [0.25, 0.3) is 0 Å². The van der Waals surface area contributed by atoms with E-state index in [0.717, 1.165) is 12.8 Å². The average Bonchev–Trinajstić information content (AvgIpc) is 2.59. The minimum Gasteiger partial charge on any atom is -0.313 e. The van der Waals surface area contributed by atoms with Gasteiger partial charge in [-0.05, 0) is 37.3 Å². The lowest BCUT2D eigenvalue weighted by Crippen LogP contribution is -2.29. The SMILES string of the molecule is CSC1CCC(NCCSC(F)(F)F)C1. The standard InChI is InChI=1S/C9H16F3NS2/c1-14-8-3-2-7(6-8)13-4-5-15-9(10,11)12/h7-8,13H,2-6H2,1H3. The molecule has 2 atom stereocenters. The molecule has 0 aliphatic heterocycles. The van der Waals surface area contributed by atoms with Crippen LogP contribution in [0.5, 0.6) is 0 Å². The van der Waals surface area contributed by atoms with Crippen LogP contribution < -0.4 is 5.32 Å². The Labute approximate surface area is 96.9 Å². The molecule has 0 aromatic rings. The van der Waals surface area contributed by atoms with E-state index in [9.17, 15) is 13.2 Å². The molecule has 0 heterocycles. The summed E-state index contributed by atoms with van der Waals surface area (Å²) in [7, 11) is 0. The number of alkyl halides is 3. The molecular weight excluding hydrogens is 243 g/mol. The van der Waals surface area contributed by atoms with Crippen molar-refractivity contribution >= 4 is 23.5 Å². The summed E-state index contributed by atoms with van der Waals surface area (Å²) in [5.41, 5.74) is -4.08. The minimum atomic E-state index is -4.08. The van der Waals surface area contributed by atoms with E-state index in [4.69, 9.17) is 0 Å². The fourth-order valence-electron chi connectivity index (χ4n) is 1.77. The molecule has 1 aliphatic rings. The van der Waals surface area contributed by atoms with Gasteiger partial charge in [0.15, 0.2) is 0 Å². The van der Waals surface area contributed by atoms with Gasteiger partial charge < -0.3 is 5.32 Å². The molecule has 1 aliphatic carbocycles. The Hall–Kier alpha value is 0.450. The van der Waals surface area contributed by atoms with Crippen LogP contribution in [0.25, 0.3) is 0 Å². The number of hydrogen-bond donors (Lipinski definition) is 1. The van der Waals surface area contributed by atoms with Gasteiger partial charge in [0, 0.05) is 23.6 Å². The zero-order valence-electron chi connectivity index (χ0n) is 8.64. The third kappa shape index (κ3) is 5.92. The lowest BCUT2D eigenvalue weighted by molar-refractivity contribution is -0.0327. The summed E-state index contributed by atoms with van der Waals surface area (Å²) < 4.78 is 35.4. The van der Waals surface area contributed by atoms with Gasteiger partial charge in [0.2, 0.25) is 0 Å². The van der Waals surface area contributed by atoms with Gasteiger partial charge >= 0.3 is 5.51 Å². The van der Waals surface area contributed by atoms with Gasteiger partial charge in [-0.2, -0.15) is 24.9 Å². The highest BCUT2D eigenvalue weighted by atomic mass is 32.2. The van der Waals surface area contributed by atoms with Crippen LogP contribution in [0.2, 0.25) is 0 Å². The Morgan fingerprint density at radius 1 is 1.33 bits per heavy atom. The van der Waals surface area contributed by atoms with E-state index < -0.39 is 5.51 Å². The number of halogens is 3. The van der Waals surface area contributed by atoms with E-state index in [0.29, 0.717) is 17.8 Å². The second-order valence-corrected chi connectivity index (χ2v) is 5.91. The van der Waals surface area contributed by atoms with Crippen LogP contribution in [-0.2, 0) is 0 Å². The third-order valence-electron chi connectivity index (χ3n) is 2.52. The van der Waals surface area contributed by atoms with Crippen molar-refractivity contribution in [2.75, 3.05) is 18.6 Å². The van der Waals surface area contributed by atoms with E-state index in [-0.39, 0.29) is 17.5 Å². The van der Waals surface area contributed by atoms with Crippen LogP contribution in [0.3, 0.4) is 0 Å². The largest absolute Gasteiger partial charge is 0.441 e. The number of nitrogens with one attached hydrogen (secondary N) is 1. The van der Waals surface area contributed by atoms with Crippen molar-refractivity contribution in [3.8, 4) is 0 Å². The topological polar surface area (TPSA) is 12.0 Å². The van der Waals surface area contributed by atoms with Gasteiger partial charge in [-0.1, -0.05) is 0 Å². The maximum atomic E-state index is 11.8. The highest BCUT2D eigenvalue weighted by Gasteiger charge is 2.28. The van der Waals surface area contributed by atoms with Gasteiger partial charge in [-0.15, -0.1) is 0 Å². The normalized spacial score (nSPS) is 27.2. The lowest BCUT2D eigenvalue weighted by atomic mass is 10.2. The molecular formula is C9H16F3NS2. The Balaban J connectivity index is 2.02. The first kappa shape index (κ1) is 13.5. The predicted octanol–water partition coefficient (Wildman–Crippen LogP) is 3.11. The fourth-order valence-corrected chi connectivity index (χ4v) is 3.02. The molecule has 6 heteroatoms. The molecule has 1 fully saturated rings. The van der Waals surface area contributed by atoms with Crippen LogP contribution in [0.4, 0.5) is 13.2 Å². The van der Waals surface area contributed by atoms with E-state index in [1.807, 2.05) is 11.8 Å². The smallest absolute Gasteiger partial charge is 0.313 e. The average molecular weight is 259 g/mol. The van der Waals surface area contributed by atoms with Crippen LogP contribution in [0.1, 0.15) is 19.3 Å². The lowest BCUT2D eigenvalue weighted by Gasteiger charge is -2.12. The van der Waals surface area contributed by atoms with E-state index in [1.54, 1.807) is 0 Å². The zero-order valence-corrected chi connectivity index (χ0v) is 10.3. The number of thioether (sulfide) groups is 2. The summed E-state index contributed by atoms with van der Waals surface area (Å²) in [5, 5.41) is 3.88. The van der Waals surface area contributed by atoms with Crippen molar-refractivity contribution < 1.29 is 13.2 Å². The Kier molecular flexibility index (Phi) is 5.63. The Bertz CT molecular complexity index is 187. The maximum Gasteiger partial charge on any atom is 0.441 e. The molecule has 1 rings (SSSR count). The zero-order chi connectivity index (χ0) is 11.3. The van der Waals surface area contributed by atoms with Crippen LogP contribution >= 0.6 is 23.5 Å². The molecule has 0 radical (unpaired) electrons. The summed E-state index contributed by atoms with van der Waals surface area (Å²) in [6.45, 7) is 0.454. The molecule has 0 aromatic carbocycles. The molecule has 15 heavy (non-hydrogen) atoms. The quantitative estimate of drug-likeness (QED) is 0.762. The molecule has 0 amide bonds. The van der Waals surface area contributed by atoms with Crippen molar-refractivity contribution in [1.29, 1.82) is 0 Å². The van der Waals surface area contributed by atoms with Crippen molar-refractivity contribution in [3.63, 3.8) is 0 Å². The van der Waals surface area contributed by atoms with Crippen LogP contribution in [0.15, 0.2) is 0 Å². The van der Waals surface area contributed by atoms with E-state index in [2.05, 4.69) is 11.6 Å². The summed E-state index contributed by atoms with van der Waals surface area (Å²) >= 11 is 1.91. The van der Waals surface area contributed by atoms with Gasteiger partial charge in [-0.25, -0.2) is 0 Å². The van der Waals surface area contributed by atoms with Crippen molar-refractivity contribution in [2.24, 2.45) is 0 Å². The Morgan fingerprint density at radius 2 is 2.07 bits per heavy atom. The molecule has 1 saturated carbocycles. The highest BCUT2D eigenvalue weighted by molar-refractivity contribution is 8.00. The first-order valence-electron chi connectivity index (χ1n) is 4.98. The van der Waals surface area contributed by atoms with Gasteiger partial charge in [0.1, 0.15) is 0 Å². The van der Waals surface area contributed by atoms with Crippen LogP contribution in [0, 0.1) is 0 Å². The molecule has 90 valence electrons. The minimum absolute atomic E-state index is 0.0558. The van der Waals surface area contributed by atoms with Gasteiger partial charge in [0.05, 0.1) is 0 Å². The van der Waals surface area contributed by atoms with E-state index >= 15 is 0 Å². The highest BCUT2D eigenvalue weighted by Crippen LogP contribution is 2.30. The summed E-state index contributed by atoms with van der Waals surface area (Å²) in [5.74, 6) is 0.115. The first-order chi connectivity index (χ1) is 7.01. The van der Waals surface area contributed by atoms with Gasteiger partial charge in [-0.3, -0.25) is 0 Å².